The Kier molecular flexibility index (Phi) is 4.27. The number of hydrogen-bond acceptors (Lipinski definition) is 1. The van der Waals surface area contributed by atoms with Crippen molar-refractivity contribution in [1.82, 2.24) is 0 Å². The van der Waals surface area contributed by atoms with E-state index in [9.17, 15) is 4.79 Å². The van der Waals surface area contributed by atoms with Crippen molar-refractivity contribution in [2.45, 2.75) is 65.7 Å². The first-order valence-electron chi connectivity index (χ1n) is 8.11. The zero-order chi connectivity index (χ0) is 15.0. The summed E-state index contributed by atoms with van der Waals surface area (Å²) in [6.45, 7) is 15.3. The zero-order valence-corrected chi connectivity index (χ0v) is 13.5. The molecule has 0 saturated heterocycles. The Morgan fingerprint density at radius 3 is 2.70 bits per heavy atom. The van der Waals surface area contributed by atoms with Crippen LogP contribution in [0.5, 0.6) is 0 Å². The molecule has 2 rings (SSSR count). The van der Waals surface area contributed by atoms with Gasteiger partial charge in [0, 0.05) is 12.8 Å². The van der Waals surface area contributed by atoms with Crippen LogP contribution in [0.4, 0.5) is 0 Å². The van der Waals surface area contributed by atoms with Gasteiger partial charge in [-0.05, 0) is 48.3 Å². The SMILES string of the molecule is C=CCC(=O)C[C@H]1C(=C)CC[C@H]2C(C)(C)CCC[C@]12C. The molecule has 0 aromatic carbocycles. The van der Waals surface area contributed by atoms with E-state index in [4.69, 9.17) is 0 Å². The summed E-state index contributed by atoms with van der Waals surface area (Å²) in [5.74, 6) is 1.44. The van der Waals surface area contributed by atoms with Crippen LogP contribution in [0, 0.1) is 22.7 Å². The highest BCUT2D eigenvalue weighted by molar-refractivity contribution is 5.80. The number of carbonyl (C=O) groups excluding carboxylic acids is 1. The highest BCUT2D eigenvalue weighted by Crippen LogP contribution is 2.61. The molecule has 1 heteroatoms. The van der Waals surface area contributed by atoms with Gasteiger partial charge in [-0.25, -0.2) is 0 Å². The minimum absolute atomic E-state index is 0.272. The summed E-state index contributed by atoms with van der Waals surface area (Å²) in [4.78, 5) is 12.1. The van der Waals surface area contributed by atoms with Crippen LogP contribution in [0.15, 0.2) is 24.8 Å². The van der Waals surface area contributed by atoms with E-state index in [1.54, 1.807) is 6.08 Å². The number of carbonyl (C=O) groups is 1. The molecule has 0 heterocycles. The van der Waals surface area contributed by atoms with Gasteiger partial charge in [0.1, 0.15) is 5.78 Å². The maximum absolute atomic E-state index is 12.1. The largest absolute Gasteiger partial charge is 0.299 e. The van der Waals surface area contributed by atoms with Gasteiger partial charge in [0.15, 0.2) is 0 Å². The average Bonchev–Trinajstić information content (AvgIpc) is 2.33. The lowest BCUT2D eigenvalue weighted by atomic mass is 9.47. The predicted octanol–water partition coefficient (Wildman–Crippen LogP) is 5.32. The Balaban J connectivity index is 2.26. The highest BCUT2D eigenvalue weighted by Gasteiger charge is 2.52. The summed E-state index contributed by atoms with van der Waals surface area (Å²) in [7, 11) is 0. The maximum Gasteiger partial charge on any atom is 0.137 e. The molecule has 0 aromatic rings. The fraction of sp³-hybridized carbons (Fsp3) is 0.737. The Morgan fingerprint density at radius 2 is 2.05 bits per heavy atom. The third kappa shape index (κ3) is 2.64. The number of allylic oxidation sites excluding steroid dienone is 2. The third-order valence-electron chi connectivity index (χ3n) is 6.12. The molecule has 0 aromatic heterocycles. The fourth-order valence-electron chi connectivity index (χ4n) is 5.12. The molecule has 0 unspecified atom stereocenters. The van der Waals surface area contributed by atoms with E-state index in [2.05, 4.69) is 33.9 Å². The maximum atomic E-state index is 12.1. The summed E-state index contributed by atoms with van der Waals surface area (Å²) in [6.07, 6.45) is 9.16. The first-order chi connectivity index (χ1) is 9.31. The van der Waals surface area contributed by atoms with Gasteiger partial charge in [0.2, 0.25) is 0 Å². The lowest BCUT2D eigenvalue weighted by Gasteiger charge is -2.58. The quantitative estimate of drug-likeness (QED) is 0.634. The second-order valence-corrected chi connectivity index (χ2v) is 7.89. The molecule has 2 fully saturated rings. The smallest absolute Gasteiger partial charge is 0.137 e. The topological polar surface area (TPSA) is 17.1 Å². The number of Topliss-reactive ketones (excluding diaryl/α,β-unsaturated/α-hetero) is 1. The second-order valence-electron chi connectivity index (χ2n) is 7.89. The van der Waals surface area contributed by atoms with Gasteiger partial charge in [0.05, 0.1) is 0 Å². The molecule has 2 aliphatic rings. The van der Waals surface area contributed by atoms with Crippen molar-refractivity contribution in [3.05, 3.63) is 24.8 Å². The summed E-state index contributed by atoms with van der Waals surface area (Å²) in [6, 6.07) is 0. The van der Waals surface area contributed by atoms with Gasteiger partial charge in [-0.2, -0.15) is 0 Å². The first kappa shape index (κ1) is 15.5. The number of fused-ring (bicyclic) bond motifs is 1. The minimum Gasteiger partial charge on any atom is -0.299 e. The lowest BCUT2D eigenvalue weighted by Crippen LogP contribution is -2.49. The highest BCUT2D eigenvalue weighted by atomic mass is 16.1. The standard InChI is InChI=1S/C19H30O/c1-6-8-15(20)13-16-14(2)9-10-17-18(3,4)11-7-12-19(16,17)5/h6,16-17H,1-2,7-13H2,3-5H3/t16-,17-,19+/m0/s1. The molecule has 20 heavy (non-hydrogen) atoms. The fourth-order valence-corrected chi connectivity index (χ4v) is 5.12. The lowest BCUT2D eigenvalue weighted by molar-refractivity contribution is -0.122. The molecule has 2 saturated carbocycles. The van der Waals surface area contributed by atoms with Crippen LogP contribution in [0.1, 0.15) is 65.7 Å². The molecule has 0 spiro atoms. The summed E-state index contributed by atoms with van der Waals surface area (Å²) >= 11 is 0. The Bertz CT molecular complexity index is 417. The molecule has 1 nitrogen and oxygen atoms in total. The van der Waals surface area contributed by atoms with Gasteiger partial charge < -0.3 is 0 Å². The van der Waals surface area contributed by atoms with Crippen LogP contribution in [0.25, 0.3) is 0 Å². The van der Waals surface area contributed by atoms with Crippen molar-refractivity contribution < 1.29 is 4.79 Å². The number of hydrogen-bond donors (Lipinski definition) is 0. The summed E-state index contributed by atoms with van der Waals surface area (Å²) in [5.41, 5.74) is 2.00. The van der Waals surface area contributed by atoms with E-state index < -0.39 is 0 Å². The molecule has 0 bridgehead atoms. The second kappa shape index (κ2) is 5.50. The van der Waals surface area contributed by atoms with Gasteiger partial charge in [0.25, 0.3) is 0 Å². The van der Waals surface area contributed by atoms with Crippen molar-refractivity contribution in [1.29, 1.82) is 0 Å². The van der Waals surface area contributed by atoms with Crippen LogP contribution >= 0.6 is 0 Å². The molecule has 0 amide bonds. The Morgan fingerprint density at radius 1 is 1.35 bits per heavy atom. The molecule has 0 radical (unpaired) electrons. The van der Waals surface area contributed by atoms with Crippen LogP contribution in [0.3, 0.4) is 0 Å². The van der Waals surface area contributed by atoms with E-state index in [0.29, 0.717) is 30.0 Å². The minimum atomic E-state index is 0.272. The first-order valence-corrected chi connectivity index (χ1v) is 8.11. The Labute approximate surface area is 124 Å². The molecule has 0 N–H and O–H groups in total. The van der Waals surface area contributed by atoms with E-state index >= 15 is 0 Å². The molecule has 112 valence electrons. The van der Waals surface area contributed by atoms with E-state index in [1.165, 1.54) is 31.3 Å². The molecule has 2 aliphatic carbocycles. The van der Waals surface area contributed by atoms with Crippen molar-refractivity contribution in [3.63, 3.8) is 0 Å². The van der Waals surface area contributed by atoms with Gasteiger partial charge in [-0.15, -0.1) is 6.58 Å². The van der Waals surface area contributed by atoms with E-state index in [1.807, 2.05) is 0 Å². The van der Waals surface area contributed by atoms with Gasteiger partial charge in [-0.3, -0.25) is 4.79 Å². The van der Waals surface area contributed by atoms with Crippen molar-refractivity contribution >= 4 is 5.78 Å². The van der Waals surface area contributed by atoms with Crippen LogP contribution in [0.2, 0.25) is 0 Å². The normalized spacial score (nSPS) is 36.2. The van der Waals surface area contributed by atoms with Crippen molar-refractivity contribution in [2.75, 3.05) is 0 Å². The predicted molar refractivity (Wildman–Crippen MR) is 85.5 cm³/mol. The number of ketones is 1. The van der Waals surface area contributed by atoms with E-state index in [-0.39, 0.29) is 5.41 Å². The summed E-state index contributed by atoms with van der Waals surface area (Å²) < 4.78 is 0. The molecular weight excluding hydrogens is 244 g/mol. The van der Waals surface area contributed by atoms with E-state index in [0.717, 1.165) is 12.3 Å². The van der Waals surface area contributed by atoms with Crippen LogP contribution in [-0.2, 0) is 4.79 Å². The van der Waals surface area contributed by atoms with Crippen molar-refractivity contribution in [2.24, 2.45) is 22.7 Å². The monoisotopic (exact) mass is 274 g/mol. The molecular formula is C19H30O. The molecule has 3 atom stereocenters. The zero-order valence-electron chi connectivity index (χ0n) is 13.5. The van der Waals surface area contributed by atoms with Gasteiger partial charge >= 0.3 is 0 Å². The number of rotatable bonds is 4. The van der Waals surface area contributed by atoms with Crippen LogP contribution in [-0.4, -0.2) is 5.78 Å². The molecule has 0 aliphatic heterocycles. The average molecular weight is 274 g/mol. The third-order valence-corrected chi connectivity index (χ3v) is 6.12. The van der Waals surface area contributed by atoms with Crippen molar-refractivity contribution in [3.8, 4) is 0 Å². The van der Waals surface area contributed by atoms with Crippen LogP contribution < -0.4 is 0 Å². The van der Waals surface area contributed by atoms with Gasteiger partial charge in [-0.1, -0.05) is 45.4 Å². The Hall–Kier alpha value is -0.850. The summed E-state index contributed by atoms with van der Waals surface area (Å²) in [5, 5.41) is 0.